The summed E-state index contributed by atoms with van der Waals surface area (Å²) < 4.78 is 5.55. The van der Waals surface area contributed by atoms with E-state index in [1.54, 1.807) is 0 Å². The van der Waals surface area contributed by atoms with Gasteiger partial charge in [-0.3, -0.25) is 0 Å². The zero-order valence-electron chi connectivity index (χ0n) is 8.89. The molecule has 1 aliphatic rings. The van der Waals surface area contributed by atoms with Crippen molar-refractivity contribution in [3.8, 4) is 0 Å². The van der Waals surface area contributed by atoms with E-state index in [2.05, 4.69) is 11.9 Å². The van der Waals surface area contributed by atoms with E-state index in [0.29, 0.717) is 5.22 Å². The normalized spacial score (nSPS) is 16.7. The summed E-state index contributed by atoms with van der Waals surface area (Å²) in [5.74, 6) is 0. The van der Waals surface area contributed by atoms with Crippen molar-refractivity contribution in [1.82, 2.24) is 4.90 Å². The quantitative estimate of drug-likeness (QED) is 0.714. The van der Waals surface area contributed by atoms with Gasteiger partial charge < -0.3 is 9.32 Å². The lowest BCUT2D eigenvalue weighted by atomic mass is 10.1. The summed E-state index contributed by atoms with van der Waals surface area (Å²) in [6.45, 7) is 1.81. The van der Waals surface area contributed by atoms with Crippen LogP contribution in [0, 0.1) is 0 Å². The molecule has 2 nitrogen and oxygen atoms in total. The van der Waals surface area contributed by atoms with Crippen molar-refractivity contribution in [3.05, 3.63) is 33.5 Å². The van der Waals surface area contributed by atoms with Crippen LogP contribution >= 0.6 is 23.2 Å². The Bertz CT molecular complexity index is 562. The third-order valence-corrected chi connectivity index (χ3v) is 3.79. The van der Waals surface area contributed by atoms with Crippen molar-refractivity contribution in [3.63, 3.8) is 0 Å². The van der Waals surface area contributed by atoms with Gasteiger partial charge in [-0.1, -0.05) is 11.6 Å². The van der Waals surface area contributed by atoms with Crippen LogP contribution in [0.15, 0.2) is 16.5 Å². The van der Waals surface area contributed by atoms with Crippen molar-refractivity contribution in [2.75, 3.05) is 13.6 Å². The number of hydrogen-bond acceptors (Lipinski definition) is 2. The summed E-state index contributed by atoms with van der Waals surface area (Å²) in [6, 6.07) is 3.77. The van der Waals surface area contributed by atoms with E-state index in [0.717, 1.165) is 46.6 Å². The maximum atomic E-state index is 6.24. The fourth-order valence-electron chi connectivity index (χ4n) is 2.31. The SMILES string of the molecule is CN1CCc2c(Cl)ccc3oc(Cl)c(c23)C1. The molecular weight excluding hydrogens is 245 g/mol. The third kappa shape index (κ3) is 1.45. The molecule has 1 aromatic carbocycles. The van der Waals surface area contributed by atoms with Gasteiger partial charge in [0.05, 0.1) is 0 Å². The van der Waals surface area contributed by atoms with E-state index in [1.807, 2.05) is 12.1 Å². The minimum atomic E-state index is 0.493. The molecule has 0 saturated carbocycles. The Hall–Kier alpha value is -0.700. The summed E-state index contributed by atoms with van der Waals surface area (Å²) in [7, 11) is 2.08. The molecule has 0 radical (unpaired) electrons. The highest BCUT2D eigenvalue weighted by Gasteiger charge is 2.22. The minimum Gasteiger partial charge on any atom is -0.444 e. The predicted octanol–water partition coefficient (Wildman–Crippen LogP) is 3.73. The van der Waals surface area contributed by atoms with Crippen molar-refractivity contribution in [2.24, 2.45) is 0 Å². The molecule has 4 heteroatoms. The number of likely N-dealkylation sites (N-methyl/N-ethyl adjacent to an activating group) is 1. The zero-order chi connectivity index (χ0) is 11.3. The summed E-state index contributed by atoms with van der Waals surface area (Å²) in [4.78, 5) is 2.23. The molecule has 0 aliphatic carbocycles. The van der Waals surface area contributed by atoms with Gasteiger partial charge >= 0.3 is 0 Å². The van der Waals surface area contributed by atoms with E-state index >= 15 is 0 Å². The third-order valence-electron chi connectivity index (χ3n) is 3.13. The van der Waals surface area contributed by atoms with Crippen LogP contribution in [0.25, 0.3) is 11.0 Å². The van der Waals surface area contributed by atoms with Gasteiger partial charge in [-0.25, -0.2) is 0 Å². The second-order valence-corrected chi connectivity index (χ2v) is 4.99. The number of rotatable bonds is 0. The highest BCUT2D eigenvalue weighted by molar-refractivity contribution is 6.33. The largest absolute Gasteiger partial charge is 0.444 e. The highest BCUT2D eigenvalue weighted by atomic mass is 35.5. The standard InChI is InChI=1S/C12H11Cl2NO/c1-15-5-4-7-9(13)2-3-10-11(7)8(6-15)12(14)16-10/h2-3H,4-6H2,1H3. The van der Waals surface area contributed by atoms with Crippen molar-refractivity contribution in [1.29, 1.82) is 0 Å². The molecule has 3 rings (SSSR count). The molecule has 0 amide bonds. The first-order chi connectivity index (χ1) is 7.66. The van der Waals surface area contributed by atoms with Crippen molar-refractivity contribution in [2.45, 2.75) is 13.0 Å². The van der Waals surface area contributed by atoms with E-state index in [4.69, 9.17) is 27.6 Å². The molecule has 0 atom stereocenters. The average Bonchev–Trinajstić information content (AvgIpc) is 2.46. The molecule has 1 aromatic heterocycles. The Kier molecular flexibility index (Phi) is 2.39. The summed E-state index contributed by atoms with van der Waals surface area (Å²) in [5, 5.41) is 2.41. The van der Waals surface area contributed by atoms with Crippen LogP contribution in [0.5, 0.6) is 0 Å². The van der Waals surface area contributed by atoms with Crippen LogP contribution in [0.1, 0.15) is 11.1 Å². The Labute approximate surface area is 104 Å². The molecule has 0 unspecified atom stereocenters. The fourth-order valence-corrected chi connectivity index (χ4v) is 2.80. The Morgan fingerprint density at radius 1 is 1.25 bits per heavy atom. The van der Waals surface area contributed by atoms with Gasteiger partial charge in [0, 0.05) is 29.1 Å². The maximum Gasteiger partial charge on any atom is 0.199 e. The van der Waals surface area contributed by atoms with E-state index in [1.165, 1.54) is 0 Å². The second-order valence-electron chi connectivity index (χ2n) is 4.24. The van der Waals surface area contributed by atoms with E-state index < -0.39 is 0 Å². The smallest absolute Gasteiger partial charge is 0.199 e. The molecule has 0 spiro atoms. The van der Waals surface area contributed by atoms with Gasteiger partial charge in [-0.05, 0) is 42.8 Å². The number of nitrogens with zero attached hydrogens (tertiary/aromatic N) is 1. The molecule has 84 valence electrons. The van der Waals surface area contributed by atoms with Crippen LogP contribution in [-0.4, -0.2) is 18.5 Å². The summed E-state index contributed by atoms with van der Waals surface area (Å²) >= 11 is 12.4. The summed E-state index contributed by atoms with van der Waals surface area (Å²) in [5.41, 5.74) is 3.07. The Morgan fingerprint density at radius 2 is 2.06 bits per heavy atom. The Balaban J connectivity index is 2.38. The number of halogens is 2. The maximum absolute atomic E-state index is 6.24. The molecular formula is C12H11Cl2NO. The summed E-state index contributed by atoms with van der Waals surface area (Å²) in [6.07, 6.45) is 0.940. The molecule has 2 heterocycles. The second kappa shape index (κ2) is 3.66. The Morgan fingerprint density at radius 3 is 2.88 bits per heavy atom. The average molecular weight is 256 g/mol. The van der Waals surface area contributed by atoms with Gasteiger partial charge in [0.2, 0.25) is 0 Å². The first-order valence-corrected chi connectivity index (χ1v) is 5.99. The molecule has 2 aromatic rings. The van der Waals surface area contributed by atoms with Crippen molar-refractivity contribution < 1.29 is 4.42 Å². The van der Waals surface area contributed by atoms with E-state index in [-0.39, 0.29) is 0 Å². The van der Waals surface area contributed by atoms with Crippen LogP contribution in [0.4, 0.5) is 0 Å². The van der Waals surface area contributed by atoms with Gasteiger partial charge in [-0.2, -0.15) is 0 Å². The van der Waals surface area contributed by atoms with E-state index in [9.17, 15) is 0 Å². The fraction of sp³-hybridized carbons (Fsp3) is 0.333. The predicted molar refractivity (Wildman–Crippen MR) is 66.3 cm³/mol. The number of benzene rings is 1. The molecule has 16 heavy (non-hydrogen) atoms. The first kappa shape index (κ1) is 10.5. The van der Waals surface area contributed by atoms with Crippen molar-refractivity contribution >= 4 is 34.2 Å². The molecule has 0 fully saturated rings. The van der Waals surface area contributed by atoms with Crippen LogP contribution in [-0.2, 0) is 13.0 Å². The lowest BCUT2D eigenvalue weighted by Crippen LogP contribution is -2.18. The van der Waals surface area contributed by atoms with Crippen LogP contribution in [0.2, 0.25) is 10.2 Å². The number of furan rings is 1. The molecule has 0 N–H and O–H groups in total. The van der Waals surface area contributed by atoms with Gasteiger partial charge in [0.15, 0.2) is 5.22 Å². The highest BCUT2D eigenvalue weighted by Crippen LogP contribution is 2.37. The van der Waals surface area contributed by atoms with Crippen LogP contribution in [0.3, 0.4) is 0 Å². The zero-order valence-corrected chi connectivity index (χ0v) is 10.4. The lowest BCUT2D eigenvalue weighted by molar-refractivity contribution is 0.335. The molecule has 0 saturated heterocycles. The number of hydrogen-bond donors (Lipinski definition) is 0. The minimum absolute atomic E-state index is 0.493. The lowest BCUT2D eigenvalue weighted by Gasteiger charge is -2.12. The van der Waals surface area contributed by atoms with Gasteiger partial charge in [0.25, 0.3) is 0 Å². The first-order valence-electron chi connectivity index (χ1n) is 5.23. The van der Waals surface area contributed by atoms with Gasteiger partial charge in [-0.15, -0.1) is 0 Å². The molecule has 0 bridgehead atoms. The molecule has 1 aliphatic heterocycles. The van der Waals surface area contributed by atoms with Gasteiger partial charge in [0.1, 0.15) is 5.58 Å². The monoisotopic (exact) mass is 255 g/mol. The topological polar surface area (TPSA) is 16.4 Å². The van der Waals surface area contributed by atoms with Crippen LogP contribution < -0.4 is 0 Å².